The molecule has 1 aromatic heterocycles. The Morgan fingerprint density at radius 3 is 2.73 bits per heavy atom. The van der Waals surface area contributed by atoms with Gasteiger partial charge >= 0.3 is 5.97 Å². The highest BCUT2D eigenvalue weighted by atomic mass is 19.1. The molecule has 0 bridgehead atoms. The third kappa shape index (κ3) is 4.31. The van der Waals surface area contributed by atoms with Crippen molar-refractivity contribution in [1.29, 1.82) is 0 Å². The first-order valence-electron chi connectivity index (χ1n) is 9.78. The minimum atomic E-state index is -0.530. The highest BCUT2D eigenvalue weighted by Crippen LogP contribution is 2.28. The second-order valence-corrected chi connectivity index (χ2v) is 7.40. The van der Waals surface area contributed by atoms with Gasteiger partial charge in [0.1, 0.15) is 5.82 Å². The number of fused-ring (bicyclic) bond motifs is 2. The zero-order chi connectivity index (χ0) is 21.1. The molecule has 154 valence electrons. The highest BCUT2D eigenvalue weighted by molar-refractivity contribution is 6.05. The fourth-order valence-corrected chi connectivity index (χ4v) is 3.62. The molecule has 2 heterocycles. The molecule has 0 saturated heterocycles. The zero-order valence-corrected chi connectivity index (χ0v) is 16.7. The standard InChI is InChI=1S/C23H22FN3O3/c1-27-11-10-20-18(13-27)22(17-4-2-3-5-19(17)26-20)23(29)30-14-21(28)25-12-15-6-8-16(24)9-7-15/h2-9H,10-14H2,1H3,(H,25,28). The van der Waals surface area contributed by atoms with Crippen molar-refractivity contribution in [1.82, 2.24) is 15.2 Å². The summed E-state index contributed by atoms with van der Waals surface area (Å²) in [6.07, 6.45) is 0.759. The molecule has 0 saturated carbocycles. The van der Waals surface area contributed by atoms with Gasteiger partial charge in [-0.25, -0.2) is 9.18 Å². The van der Waals surface area contributed by atoms with E-state index in [1.165, 1.54) is 12.1 Å². The number of pyridine rings is 1. The Kier molecular flexibility index (Phi) is 5.72. The summed E-state index contributed by atoms with van der Waals surface area (Å²) in [7, 11) is 2.00. The van der Waals surface area contributed by atoms with E-state index in [0.29, 0.717) is 12.1 Å². The number of hydrogen-bond donors (Lipinski definition) is 1. The molecule has 0 atom stereocenters. The second kappa shape index (κ2) is 8.59. The summed E-state index contributed by atoms with van der Waals surface area (Å²) in [6.45, 7) is 1.32. The molecule has 1 aliphatic rings. The lowest BCUT2D eigenvalue weighted by molar-refractivity contribution is -0.124. The number of benzene rings is 2. The van der Waals surface area contributed by atoms with Crippen LogP contribution in [0.3, 0.4) is 0 Å². The summed E-state index contributed by atoms with van der Waals surface area (Å²) in [6, 6.07) is 13.3. The monoisotopic (exact) mass is 407 g/mol. The predicted octanol–water partition coefficient (Wildman–Crippen LogP) is 2.84. The number of hydrogen-bond acceptors (Lipinski definition) is 5. The normalized spacial score (nSPS) is 13.7. The number of carbonyl (C=O) groups is 2. The van der Waals surface area contributed by atoms with Crippen molar-refractivity contribution in [3.63, 3.8) is 0 Å². The number of halogens is 1. The largest absolute Gasteiger partial charge is 0.452 e. The van der Waals surface area contributed by atoms with Gasteiger partial charge in [-0.1, -0.05) is 30.3 Å². The predicted molar refractivity (Wildman–Crippen MR) is 110 cm³/mol. The summed E-state index contributed by atoms with van der Waals surface area (Å²) in [5.41, 5.74) is 3.74. The van der Waals surface area contributed by atoms with Crippen LogP contribution in [0, 0.1) is 5.82 Å². The molecule has 0 spiro atoms. The van der Waals surface area contributed by atoms with Crippen molar-refractivity contribution < 1.29 is 18.7 Å². The van der Waals surface area contributed by atoms with E-state index in [9.17, 15) is 14.0 Å². The van der Waals surface area contributed by atoms with E-state index >= 15 is 0 Å². The Hall–Kier alpha value is -3.32. The summed E-state index contributed by atoms with van der Waals surface area (Å²) in [5, 5.41) is 3.40. The van der Waals surface area contributed by atoms with Gasteiger partial charge in [-0.05, 0) is 30.8 Å². The SMILES string of the molecule is CN1CCc2nc3ccccc3c(C(=O)OCC(=O)NCc3ccc(F)cc3)c2C1. The second-order valence-electron chi connectivity index (χ2n) is 7.40. The van der Waals surface area contributed by atoms with Gasteiger partial charge in [0.25, 0.3) is 5.91 Å². The third-order valence-electron chi connectivity index (χ3n) is 5.18. The van der Waals surface area contributed by atoms with Crippen LogP contribution in [-0.4, -0.2) is 42.0 Å². The molecule has 2 aromatic carbocycles. The Bertz CT molecular complexity index is 1100. The minimum absolute atomic E-state index is 0.231. The number of esters is 1. The molecule has 6 nitrogen and oxygen atoms in total. The fraction of sp³-hybridized carbons (Fsp3) is 0.261. The molecule has 0 unspecified atom stereocenters. The number of nitrogens with zero attached hydrogens (tertiary/aromatic N) is 2. The van der Waals surface area contributed by atoms with Crippen molar-refractivity contribution in [3.8, 4) is 0 Å². The molecular formula is C23H22FN3O3. The van der Waals surface area contributed by atoms with Gasteiger partial charge in [0.2, 0.25) is 0 Å². The highest BCUT2D eigenvalue weighted by Gasteiger charge is 2.25. The summed E-state index contributed by atoms with van der Waals surface area (Å²) >= 11 is 0. The Balaban J connectivity index is 1.48. The van der Waals surface area contributed by atoms with Crippen LogP contribution in [-0.2, 0) is 29.0 Å². The van der Waals surface area contributed by atoms with E-state index in [-0.39, 0.29) is 19.0 Å². The lowest BCUT2D eigenvalue weighted by atomic mass is 9.96. The van der Waals surface area contributed by atoms with Crippen LogP contribution in [0.15, 0.2) is 48.5 Å². The maximum Gasteiger partial charge on any atom is 0.339 e. The van der Waals surface area contributed by atoms with Crippen molar-refractivity contribution in [3.05, 3.63) is 76.7 Å². The number of para-hydroxylation sites is 1. The van der Waals surface area contributed by atoms with Crippen molar-refractivity contribution in [2.24, 2.45) is 0 Å². The fourth-order valence-electron chi connectivity index (χ4n) is 3.62. The zero-order valence-electron chi connectivity index (χ0n) is 16.7. The molecule has 1 amide bonds. The molecule has 7 heteroatoms. The number of likely N-dealkylation sites (N-methyl/N-ethyl adjacent to an activating group) is 1. The van der Waals surface area contributed by atoms with Gasteiger partial charge in [0, 0.05) is 42.7 Å². The van der Waals surface area contributed by atoms with Gasteiger partial charge in [-0.15, -0.1) is 0 Å². The molecule has 0 aliphatic carbocycles. The third-order valence-corrected chi connectivity index (χ3v) is 5.18. The Morgan fingerprint density at radius 1 is 1.17 bits per heavy atom. The molecule has 3 aromatic rings. The van der Waals surface area contributed by atoms with Gasteiger partial charge in [0.15, 0.2) is 6.61 Å². The molecular weight excluding hydrogens is 385 g/mol. The van der Waals surface area contributed by atoms with Crippen LogP contribution in [0.2, 0.25) is 0 Å². The van der Waals surface area contributed by atoms with Crippen LogP contribution in [0.5, 0.6) is 0 Å². The maximum absolute atomic E-state index is 13.0. The van der Waals surface area contributed by atoms with E-state index in [0.717, 1.165) is 40.7 Å². The summed E-state index contributed by atoms with van der Waals surface area (Å²) in [4.78, 5) is 32.0. The van der Waals surface area contributed by atoms with Gasteiger partial charge < -0.3 is 15.0 Å². The van der Waals surface area contributed by atoms with Gasteiger partial charge in [0.05, 0.1) is 11.1 Å². The van der Waals surface area contributed by atoms with Crippen molar-refractivity contribution in [2.75, 3.05) is 20.2 Å². The number of amides is 1. The summed E-state index contributed by atoms with van der Waals surface area (Å²) < 4.78 is 18.3. The van der Waals surface area contributed by atoms with Gasteiger partial charge in [-0.2, -0.15) is 0 Å². The van der Waals surface area contributed by atoms with E-state index < -0.39 is 11.9 Å². The lowest BCUT2D eigenvalue weighted by Gasteiger charge is -2.26. The number of nitrogens with one attached hydrogen (secondary N) is 1. The van der Waals surface area contributed by atoms with Crippen LogP contribution in [0.4, 0.5) is 4.39 Å². The molecule has 0 radical (unpaired) electrons. The molecule has 30 heavy (non-hydrogen) atoms. The van der Waals surface area contributed by atoms with E-state index in [2.05, 4.69) is 10.2 Å². The quantitative estimate of drug-likeness (QED) is 0.659. The smallest absolute Gasteiger partial charge is 0.339 e. The first-order valence-corrected chi connectivity index (χ1v) is 9.78. The molecule has 0 fully saturated rings. The van der Waals surface area contributed by atoms with Crippen LogP contribution in [0.1, 0.15) is 27.2 Å². The summed E-state index contributed by atoms with van der Waals surface area (Å²) in [5.74, 6) is -1.29. The van der Waals surface area contributed by atoms with Crippen molar-refractivity contribution >= 4 is 22.8 Å². The van der Waals surface area contributed by atoms with Crippen molar-refractivity contribution in [2.45, 2.75) is 19.5 Å². The van der Waals surface area contributed by atoms with E-state index in [1.807, 2.05) is 31.3 Å². The lowest BCUT2D eigenvalue weighted by Crippen LogP contribution is -2.31. The maximum atomic E-state index is 13.0. The number of carbonyl (C=O) groups excluding carboxylic acids is 2. The Labute approximate surface area is 173 Å². The molecule has 1 aliphatic heterocycles. The average Bonchev–Trinajstić information content (AvgIpc) is 2.75. The topological polar surface area (TPSA) is 71.5 Å². The molecule has 4 rings (SSSR count). The Morgan fingerprint density at radius 2 is 1.93 bits per heavy atom. The van der Waals surface area contributed by atoms with Crippen LogP contribution < -0.4 is 5.32 Å². The number of aromatic nitrogens is 1. The minimum Gasteiger partial charge on any atom is -0.452 e. The van der Waals surface area contributed by atoms with E-state index in [1.54, 1.807) is 12.1 Å². The van der Waals surface area contributed by atoms with Gasteiger partial charge in [-0.3, -0.25) is 9.78 Å². The van der Waals surface area contributed by atoms with Crippen LogP contribution in [0.25, 0.3) is 10.9 Å². The number of ether oxygens (including phenoxy) is 1. The first-order chi connectivity index (χ1) is 14.5. The molecule has 1 N–H and O–H groups in total. The number of rotatable bonds is 5. The van der Waals surface area contributed by atoms with Crippen LogP contribution >= 0.6 is 0 Å². The average molecular weight is 407 g/mol. The van der Waals surface area contributed by atoms with E-state index in [4.69, 9.17) is 9.72 Å². The first kappa shape index (κ1) is 20.0.